The number of H-pyrrole nitrogens is 1. The molecule has 1 aromatic heterocycles. The second-order valence-corrected chi connectivity index (χ2v) is 4.31. The van der Waals surface area contributed by atoms with Gasteiger partial charge < -0.3 is 10.6 Å². The van der Waals surface area contributed by atoms with E-state index in [4.69, 9.17) is 5.73 Å². The molecule has 0 spiro atoms. The van der Waals surface area contributed by atoms with Crippen molar-refractivity contribution in [2.75, 3.05) is 12.8 Å². The second kappa shape index (κ2) is 4.91. The maximum absolute atomic E-state index is 12.2. The van der Waals surface area contributed by atoms with Crippen LogP contribution >= 0.6 is 0 Å². The summed E-state index contributed by atoms with van der Waals surface area (Å²) in [6.07, 6.45) is 1.55. The van der Waals surface area contributed by atoms with Gasteiger partial charge in [0, 0.05) is 25.0 Å². The molecular formula is C13H16N4O. The molecule has 5 heteroatoms. The first-order valence-electron chi connectivity index (χ1n) is 5.68. The average molecular weight is 244 g/mol. The SMILES string of the molecule is Cc1[nH]ncc1C(=O)N(C)Cc1cccc(N)c1. The Bertz CT molecular complexity index is 562. The van der Waals surface area contributed by atoms with Gasteiger partial charge in [-0.3, -0.25) is 9.89 Å². The van der Waals surface area contributed by atoms with E-state index in [1.54, 1.807) is 18.1 Å². The van der Waals surface area contributed by atoms with Crippen LogP contribution in [0.25, 0.3) is 0 Å². The number of nitrogens with one attached hydrogen (secondary N) is 1. The van der Waals surface area contributed by atoms with Crippen LogP contribution in [0.15, 0.2) is 30.5 Å². The quantitative estimate of drug-likeness (QED) is 0.805. The van der Waals surface area contributed by atoms with E-state index in [-0.39, 0.29) is 5.91 Å². The average Bonchev–Trinajstić information content (AvgIpc) is 2.74. The lowest BCUT2D eigenvalue weighted by molar-refractivity contribution is 0.0784. The predicted molar refractivity (Wildman–Crippen MR) is 70.0 cm³/mol. The normalized spacial score (nSPS) is 10.3. The number of amides is 1. The van der Waals surface area contributed by atoms with Gasteiger partial charge in [0.1, 0.15) is 0 Å². The van der Waals surface area contributed by atoms with Crippen molar-refractivity contribution in [3.05, 3.63) is 47.3 Å². The maximum atomic E-state index is 12.2. The van der Waals surface area contributed by atoms with Crippen LogP contribution in [0.1, 0.15) is 21.6 Å². The van der Waals surface area contributed by atoms with Crippen molar-refractivity contribution in [2.24, 2.45) is 0 Å². The van der Waals surface area contributed by atoms with Crippen molar-refractivity contribution in [3.8, 4) is 0 Å². The topological polar surface area (TPSA) is 75.0 Å². The van der Waals surface area contributed by atoms with Gasteiger partial charge in [0.15, 0.2) is 0 Å². The minimum atomic E-state index is -0.0522. The first kappa shape index (κ1) is 12.2. The molecule has 94 valence electrons. The van der Waals surface area contributed by atoms with E-state index in [1.165, 1.54) is 0 Å². The molecule has 0 bridgehead atoms. The Morgan fingerprint density at radius 3 is 2.89 bits per heavy atom. The molecule has 5 nitrogen and oxygen atoms in total. The predicted octanol–water partition coefficient (Wildman–Crippen LogP) is 1.57. The molecule has 2 aromatic rings. The number of carbonyl (C=O) groups excluding carboxylic acids is 1. The van der Waals surface area contributed by atoms with Crippen LogP contribution in [-0.2, 0) is 6.54 Å². The zero-order chi connectivity index (χ0) is 13.1. The van der Waals surface area contributed by atoms with E-state index >= 15 is 0 Å². The van der Waals surface area contributed by atoms with Crippen LogP contribution in [-0.4, -0.2) is 28.1 Å². The van der Waals surface area contributed by atoms with Crippen LogP contribution < -0.4 is 5.73 Å². The lowest BCUT2D eigenvalue weighted by Crippen LogP contribution is -2.26. The Labute approximate surface area is 106 Å². The van der Waals surface area contributed by atoms with Crippen LogP contribution in [0.2, 0.25) is 0 Å². The van der Waals surface area contributed by atoms with Crippen molar-refractivity contribution in [3.63, 3.8) is 0 Å². The third-order valence-corrected chi connectivity index (χ3v) is 2.78. The molecule has 0 fully saturated rings. The monoisotopic (exact) mass is 244 g/mol. The number of anilines is 1. The molecule has 0 atom stereocenters. The molecule has 0 radical (unpaired) electrons. The Balaban J connectivity index is 2.11. The number of carbonyl (C=O) groups is 1. The van der Waals surface area contributed by atoms with Gasteiger partial charge in [-0.25, -0.2) is 0 Å². The molecule has 0 aliphatic carbocycles. The summed E-state index contributed by atoms with van der Waals surface area (Å²) in [5, 5.41) is 6.61. The number of hydrogen-bond donors (Lipinski definition) is 2. The summed E-state index contributed by atoms with van der Waals surface area (Å²) in [6.45, 7) is 2.35. The summed E-state index contributed by atoms with van der Waals surface area (Å²) >= 11 is 0. The molecule has 0 saturated heterocycles. The van der Waals surface area contributed by atoms with Crippen LogP contribution in [0, 0.1) is 6.92 Å². The van der Waals surface area contributed by atoms with Gasteiger partial charge in [-0.1, -0.05) is 12.1 Å². The van der Waals surface area contributed by atoms with Crippen molar-refractivity contribution in [1.82, 2.24) is 15.1 Å². The number of aromatic nitrogens is 2. The number of benzene rings is 1. The summed E-state index contributed by atoms with van der Waals surface area (Å²) < 4.78 is 0. The highest BCUT2D eigenvalue weighted by Gasteiger charge is 2.15. The van der Waals surface area contributed by atoms with E-state index in [0.717, 1.165) is 11.3 Å². The Morgan fingerprint density at radius 2 is 2.28 bits per heavy atom. The smallest absolute Gasteiger partial charge is 0.257 e. The van der Waals surface area contributed by atoms with Crippen molar-refractivity contribution >= 4 is 11.6 Å². The highest BCUT2D eigenvalue weighted by molar-refractivity contribution is 5.94. The fourth-order valence-corrected chi connectivity index (χ4v) is 1.81. The van der Waals surface area contributed by atoms with Crippen LogP contribution in [0.4, 0.5) is 5.69 Å². The van der Waals surface area contributed by atoms with Gasteiger partial charge >= 0.3 is 0 Å². The summed E-state index contributed by atoms with van der Waals surface area (Å²) in [5.41, 5.74) is 8.79. The first-order chi connectivity index (χ1) is 8.58. The third kappa shape index (κ3) is 2.51. The highest BCUT2D eigenvalue weighted by Crippen LogP contribution is 2.12. The standard InChI is InChI=1S/C13H16N4O/c1-9-12(7-15-16-9)13(18)17(2)8-10-4-3-5-11(14)6-10/h3-7H,8,14H2,1-2H3,(H,15,16). The molecule has 0 aliphatic heterocycles. The lowest BCUT2D eigenvalue weighted by Gasteiger charge is -2.17. The van der Waals surface area contributed by atoms with E-state index in [9.17, 15) is 4.79 Å². The van der Waals surface area contributed by atoms with Crippen LogP contribution in [0.5, 0.6) is 0 Å². The summed E-state index contributed by atoms with van der Waals surface area (Å²) in [6, 6.07) is 7.52. The van der Waals surface area contributed by atoms with Crippen molar-refractivity contribution in [2.45, 2.75) is 13.5 Å². The maximum Gasteiger partial charge on any atom is 0.257 e. The Kier molecular flexibility index (Phi) is 3.32. The van der Waals surface area contributed by atoms with E-state index in [0.29, 0.717) is 17.8 Å². The summed E-state index contributed by atoms with van der Waals surface area (Å²) in [7, 11) is 1.76. The molecule has 18 heavy (non-hydrogen) atoms. The zero-order valence-electron chi connectivity index (χ0n) is 10.5. The number of hydrogen-bond acceptors (Lipinski definition) is 3. The van der Waals surface area contributed by atoms with E-state index < -0.39 is 0 Å². The number of nitrogens with two attached hydrogens (primary N) is 1. The van der Waals surface area contributed by atoms with Gasteiger partial charge in [-0.15, -0.1) is 0 Å². The molecule has 1 heterocycles. The second-order valence-electron chi connectivity index (χ2n) is 4.31. The van der Waals surface area contributed by atoms with E-state index in [2.05, 4.69) is 10.2 Å². The first-order valence-corrected chi connectivity index (χ1v) is 5.68. The summed E-state index contributed by atoms with van der Waals surface area (Å²) in [5.74, 6) is -0.0522. The summed E-state index contributed by atoms with van der Waals surface area (Å²) in [4.78, 5) is 13.8. The van der Waals surface area contributed by atoms with Gasteiger partial charge in [0.25, 0.3) is 5.91 Å². The number of nitrogens with zero attached hydrogens (tertiary/aromatic N) is 2. The molecule has 0 aliphatic rings. The number of nitrogen functional groups attached to an aromatic ring is 1. The van der Waals surface area contributed by atoms with Gasteiger partial charge in [-0.05, 0) is 24.6 Å². The van der Waals surface area contributed by atoms with E-state index in [1.807, 2.05) is 31.2 Å². The molecule has 1 aromatic carbocycles. The molecular weight excluding hydrogens is 228 g/mol. The fourth-order valence-electron chi connectivity index (χ4n) is 1.81. The lowest BCUT2D eigenvalue weighted by atomic mass is 10.1. The molecule has 0 saturated carbocycles. The minimum absolute atomic E-state index is 0.0522. The molecule has 1 amide bonds. The number of rotatable bonds is 3. The highest BCUT2D eigenvalue weighted by atomic mass is 16.2. The fraction of sp³-hybridized carbons (Fsp3) is 0.231. The van der Waals surface area contributed by atoms with Crippen molar-refractivity contribution in [1.29, 1.82) is 0 Å². The third-order valence-electron chi connectivity index (χ3n) is 2.78. The molecule has 2 rings (SSSR count). The zero-order valence-corrected chi connectivity index (χ0v) is 10.5. The van der Waals surface area contributed by atoms with Crippen molar-refractivity contribution < 1.29 is 4.79 Å². The minimum Gasteiger partial charge on any atom is -0.399 e. The van der Waals surface area contributed by atoms with Crippen LogP contribution in [0.3, 0.4) is 0 Å². The largest absolute Gasteiger partial charge is 0.399 e. The van der Waals surface area contributed by atoms with Gasteiger partial charge in [-0.2, -0.15) is 5.10 Å². The Hall–Kier alpha value is -2.30. The molecule has 3 N–H and O–H groups in total. The van der Waals surface area contributed by atoms with Gasteiger partial charge in [0.05, 0.1) is 11.8 Å². The molecule has 0 unspecified atom stereocenters. The number of aromatic amines is 1. The van der Waals surface area contributed by atoms with Gasteiger partial charge in [0.2, 0.25) is 0 Å². The number of aryl methyl sites for hydroxylation is 1. The Morgan fingerprint density at radius 1 is 1.50 bits per heavy atom.